The zero-order valence-electron chi connectivity index (χ0n) is 20.7. The molecule has 5 heteroatoms. The highest BCUT2D eigenvalue weighted by Gasteiger charge is 2.15. The molecule has 0 aliphatic rings. The van der Waals surface area contributed by atoms with Crippen molar-refractivity contribution in [2.24, 2.45) is 0 Å². The molecule has 5 nitrogen and oxygen atoms in total. The van der Waals surface area contributed by atoms with Crippen LogP contribution in [0, 0.1) is 0 Å². The lowest BCUT2D eigenvalue weighted by Gasteiger charge is -2.19. The van der Waals surface area contributed by atoms with Gasteiger partial charge in [0.2, 0.25) is 0 Å². The van der Waals surface area contributed by atoms with Crippen LogP contribution in [0.1, 0.15) is 91.9 Å². The van der Waals surface area contributed by atoms with Crippen molar-refractivity contribution in [3.05, 3.63) is 48.6 Å². The highest BCUT2D eigenvalue weighted by Crippen LogP contribution is 2.06. The van der Waals surface area contributed by atoms with Crippen LogP contribution in [0.2, 0.25) is 0 Å². The Labute approximate surface area is 196 Å². The number of ether oxygens (including phenoxy) is 2. The van der Waals surface area contributed by atoms with Crippen LogP contribution in [0.5, 0.6) is 0 Å². The number of hydrogen-bond donors (Lipinski definition) is 1. The van der Waals surface area contributed by atoms with Gasteiger partial charge in [-0.05, 0) is 65.7 Å². The van der Waals surface area contributed by atoms with Gasteiger partial charge in [-0.15, -0.1) is 0 Å². The van der Waals surface area contributed by atoms with E-state index >= 15 is 0 Å². The van der Waals surface area contributed by atoms with Gasteiger partial charge < -0.3 is 14.8 Å². The lowest BCUT2D eigenvalue weighted by atomic mass is 10.2. The fourth-order valence-electron chi connectivity index (χ4n) is 2.63. The number of esters is 1. The molecular formula is C27H45NO4. The van der Waals surface area contributed by atoms with Gasteiger partial charge in [-0.1, -0.05) is 68.4 Å². The van der Waals surface area contributed by atoms with E-state index in [0.717, 1.165) is 32.1 Å². The lowest BCUT2D eigenvalue weighted by molar-refractivity contribution is -0.143. The van der Waals surface area contributed by atoms with E-state index in [1.807, 2.05) is 0 Å². The summed E-state index contributed by atoms with van der Waals surface area (Å²) in [5, 5.41) is 2.56. The first-order valence-corrected chi connectivity index (χ1v) is 12.1. The highest BCUT2D eigenvalue weighted by atomic mass is 16.6. The summed E-state index contributed by atoms with van der Waals surface area (Å²) in [5.74, 6) is -0.244. The minimum atomic E-state index is -0.536. The van der Waals surface area contributed by atoms with Crippen molar-refractivity contribution in [3.63, 3.8) is 0 Å². The van der Waals surface area contributed by atoms with Gasteiger partial charge in [0, 0.05) is 6.42 Å². The zero-order valence-corrected chi connectivity index (χ0v) is 20.7. The Morgan fingerprint density at radius 2 is 1.31 bits per heavy atom. The van der Waals surface area contributed by atoms with Crippen molar-refractivity contribution in [1.82, 2.24) is 5.32 Å². The molecule has 0 aliphatic carbocycles. The first kappa shape index (κ1) is 29.7. The van der Waals surface area contributed by atoms with Gasteiger partial charge in [-0.25, -0.2) is 4.79 Å². The molecule has 0 saturated carbocycles. The van der Waals surface area contributed by atoms with E-state index in [-0.39, 0.29) is 19.1 Å². The average molecular weight is 448 g/mol. The van der Waals surface area contributed by atoms with E-state index in [9.17, 15) is 9.59 Å². The molecule has 32 heavy (non-hydrogen) atoms. The van der Waals surface area contributed by atoms with Gasteiger partial charge in [-0.3, -0.25) is 4.79 Å². The predicted octanol–water partition coefficient (Wildman–Crippen LogP) is 7.20. The van der Waals surface area contributed by atoms with Crippen LogP contribution < -0.4 is 5.32 Å². The van der Waals surface area contributed by atoms with E-state index < -0.39 is 11.7 Å². The van der Waals surface area contributed by atoms with Crippen molar-refractivity contribution < 1.29 is 19.1 Å². The molecule has 182 valence electrons. The zero-order chi connectivity index (χ0) is 23.9. The second kappa shape index (κ2) is 20.6. The van der Waals surface area contributed by atoms with Gasteiger partial charge in [0.15, 0.2) is 0 Å². The quantitative estimate of drug-likeness (QED) is 0.145. The van der Waals surface area contributed by atoms with Gasteiger partial charge in [0.05, 0.1) is 6.54 Å². The van der Waals surface area contributed by atoms with E-state index in [0.29, 0.717) is 6.42 Å². The molecule has 0 fully saturated rings. The number of rotatable bonds is 17. The van der Waals surface area contributed by atoms with Crippen LogP contribution in [-0.4, -0.2) is 30.8 Å². The molecule has 0 unspecified atom stereocenters. The van der Waals surface area contributed by atoms with Crippen molar-refractivity contribution in [2.75, 3.05) is 13.2 Å². The maximum atomic E-state index is 11.7. The monoisotopic (exact) mass is 447 g/mol. The molecule has 0 bridgehead atoms. The maximum Gasteiger partial charge on any atom is 0.407 e. The Hall–Kier alpha value is -2.30. The summed E-state index contributed by atoms with van der Waals surface area (Å²) in [5.41, 5.74) is -0.536. The van der Waals surface area contributed by atoms with Crippen LogP contribution >= 0.6 is 0 Å². The second-order valence-corrected chi connectivity index (χ2v) is 8.63. The minimum absolute atomic E-state index is 0.155. The van der Waals surface area contributed by atoms with Gasteiger partial charge in [-0.2, -0.15) is 0 Å². The molecule has 0 heterocycles. The standard InChI is InChI=1S/C27H45NO4/c1-5-6-7-8-9-10-11-12-13-14-15-16-17-18-19-20-21-22-25(29)31-24-23-28-26(30)32-27(2,3)4/h9-10,12-13,15-16,18-19H,5-8,11,14,17,20-24H2,1-4H3,(H,28,30)/b10-9+,13-12+,16-15+,19-18+. The summed E-state index contributed by atoms with van der Waals surface area (Å²) in [4.78, 5) is 23.1. The summed E-state index contributed by atoms with van der Waals surface area (Å²) in [6, 6.07) is 0. The largest absolute Gasteiger partial charge is 0.464 e. The first-order chi connectivity index (χ1) is 15.3. The highest BCUT2D eigenvalue weighted by molar-refractivity contribution is 5.69. The molecule has 0 radical (unpaired) electrons. The number of carbonyl (C=O) groups is 2. The maximum absolute atomic E-state index is 11.7. The van der Waals surface area contributed by atoms with Crippen LogP contribution in [0.4, 0.5) is 4.79 Å². The fraction of sp³-hybridized carbons (Fsp3) is 0.630. The molecule has 0 aromatic heterocycles. The smallest absolute Gasteiger partial charge is 0.407 e. The van der Waals surface area contributed by atoms with Crippen molar-refractivity contribution in [1.29, 1.82) is 0 Å². The molecule has 0 aliphatic heterocycles. The Bertz CT molecular complexity index is 597. The summed E-state index contributed by atoms with van der Waals surface area (Å²) in [6.45, 7) is 8.02. The number of hydrogen-bond acceptors (Lipinski definition) is 4. The molecule has 0 aromatic carbocycles. The van der Waals surface area contributed by atoms with E-state index in [2.05, 4.69) is 60.8 Å². The molecular weight excluding hydrogens is 402 g/mol. The molecule has 1 N–H and O–H groups in total. The van der Waals surface area contributed by atoms with Crippen LogP contribution in [0.25, 0.3) is 0 Å². The molecule has 0 spiro atoms. The Kier molecular flexibility index (Phi) is 19.1. The van der Waals surface area contributed by atoms with E-state index in [1.54, 1.807) is 20.8 Å². The SMILES string of the molecule is CCCCC/C=C/C/C=C/C/C=C/C/C=C/CCCC(=O)OCCNC(=O)OC(C)(C)C. The number of alkyl carbamates (subject to hydrolysis) is 1. The molecule has 0 aromatic rings. The van der Waals surface area contributed by atoms with Gasteiger partial charge in [0.25, 0.3) is 0 Å². The number of unbranched alkanes of at least 4 members (excludes halogenated alkanes) is 4. The number of carbonyl (C=O) groups excluding carboxylic acids is 2. The van der Waals surface area contributed by atoms with Gasteiger partial charge >= 0.3 is 12.1 Å². The van der Waals surface area contributed by atoms with Crippen LogP contribution in [0.15, 0.2) is 48.6 Å². The molecule has 0 saturated heterocycles. The van der Waals surface area contributed by atoms with Crippen molar-refractivity contribution in [3.8, 4) is 0 Å². The number of amides is 1. The van der Waals surface area contributed by atoms with Crippen molar-refractivity contribution in [2.45, 2.75) is 97.5 Å². The summed E-state index contributed by atoms with van der Waals surface area (Å²) in [7, 11) is 0. The summed E-state index contributed by atoms with van der Waals surface area (Å²) < 4.78 is 10.2. The topological polar surface area (TPSA) is 64.6 Å². The van der Waals surface area contributed by atoms with Crippen LogP contribution in [-0.2, 0) is 14.3 Å². The molecule has 0 atom stereocenters. The summed E-state index contributed by atoms with van der Waals surface area (Å²) >= 11 is 0. The molecule has 1 amide bonds. The average Bonchev–Trinajstić information content (AvgIpc) is 2.72. The third kappa shape index (κ3) is 24.0. The normalized spacial score (nSPS) is 12.4. The Balaban J connectivity index is 3.56. The van der Waals surface area contributed by atoms with Crippen LogP contribution in [0.3, 0.4) is 0 Å². The first-order valence-electron chi connectivity index (χ1n) is 12.1. The minimum Gasteiger partial charge on any atom is -0.464 e. The van der Waals surface area contributed by atoms with E-state index in [4.69, 9.17) is 9.47 Å². The predicted molar refractivity (Wildman–Crippen MR) is 134 cm³/mol. The second-order valence-electron chi connectivity index (χ2n) is 8.63. The Morgan fingerprint density at radius 1 is 0.781 bits per heavy atom. The van der Waals surface area contributed by atoms with Crippen molar-refractivity contribution >= 4 is 12.1 Å². The van der Waals surface area contributed by atoms with E-state index in [1.165, 1.54) is 25.7 Å². The third-order valence-electron chi connectivity index (χ3n) is 4.24. The number of allylic oxidation sites excluding steroid dienone is 8. The lowest BCUT2D eigenvalue weighted by Crippen LogP contribution is -2.34. The number of nitrogens with one attached hydrogen (secondary N) is 1. The van der Waals surface area contributed by atoms with Gasteiger partial charge in [0.1, 0.15) is 12.2 Å². The fourth-order valence-corrected chi connectivity index (χ4v) is 2.63. The summed E-state index contributed by atoms with van der Waals surface area (Å²) in [6.07, 6.45) is 27.0. The third-order valence-corrected chi connectivity index (χ3v) is 4.24. The molecule has 0 rings (SSSR count). The Morgan fingerprint density at radius 3 is 1.84 bits per heavy atom.